The molecule has 0 spiro atoms. The van der Waals surface area contributed by atoms with Crippen molar-refractivity contribution in [2.75, 3.05) is 11.9 Å². The fourth-order valence-electron chi connectivity index (χ4n) is 1.64. The third-order valence-corrected chi connectivity index (χ3v) is 3.10. The average Bonchev–Trinajstić information content (AvgIpc) is 2.72. The molecule has 0 saturated carbocycles. The lowest BCUT2D eigenvalue weighted by atomic mass is 10.0. The van der Waals surface area contributed by atoms with Gasteiger partial charge < -0.3 is 10.6 Å². The monoisotopic (exact) mass is 246 g/mol. The van der Waals surface area contributed by atoms with Gasteiger partial charge in [0.15, 0.2) is 0 Å². The van der Waals surface area contributed by atoms with Crippen LogP contribution in [-0.2, 0) is 4.79 Å². The minimum Gasteiger partial charge on any atom is -0.324 e. The molecule has 15 heavy (non-hydrogen) atoms. The Labute approximate surface area is 99.7 Å². The summed E-state index contributed by atoms with van der Waals surface area (Å²) < 4.78 is 0. The first-order valence-electron chi connectivity index (χ1n) is 4.93. The molecule has 1 fully saturated rings. The number of carbonyl (C=O) groups is 1. The standard InChI is InChI=1S/C10H14N2OS.ClH/c13-10(9-3-1-2-5-11-9)12-8-4-6-14-7-8;/h4,6-7,9,11H,1-3,5H2,(H,12,13);1H/t9-;/m0./s1. The van der Waals surface area contributed by atoms with E-state index in [2.05, 4.69) is 10.6 Å². The van der Waals surface area contributed by atoms with Gasteiger partial charge in [-0.2, -0.15) is 11.3 Å². The molecular formula is C10H15ClN2OS. The number of piperidine rings is 1. The molecule has 1 aromatic rings. The Hall–Kier alpha value is -0.580. The van der Waals surface area contributed by atoms with Gasteiger partial charge in [-0.1, -0.05) is 6.42 Å². The van der Waals surface area contributed by atoms with Crippen LogP contribution in [0.4, 0.5) is 5.69 Å². The summed E-state index contributed by atoms with van der Waals surface area (Å²) in [4.78, 5) is 11.7. The van der Waals surface area contributed by atoms with Crippen molar-refractivity contribution in [1.82, 2.24) is 5.32 Å². The van der Waals surface area contributed by atoms with E-state index in [4.69, 9.17) is 0 Å². The Morgan fingerprint density at radius 3 is 3.00 bits per heavy atom. The van der Waals surface area contributed by atoms with Gasteiger partial charge in [0.2, 0.25) is 5.91 Å². The predicted octanol–water partition coefficient (Wildman–Crippen LogP) is 2.25. The van der Waals surface area contributed by atoms with Crippen molar-refractivity contribution in [3.8, 4) is 0 Å². The Balaban J connectivity index is 0.00000112. The lowest BCUT2D eigenvalue weighted by Crippen LogP contribution is -2.43. The molecule has 2 heterocycles. The number of rotatable bonds is 2. The molecule has 0 aromatic carbocycles. The zero-order chi connectivity index (χ0) is 9.80. The largest absolute Gasteiger partial charge is 0.324 e. The minimum atomic E-state index is 0. The Morgan fingerprint density at radius 2 is 2.40 bits per heavy atom. The van der Waals surface area contributed by atoms with E-state index >= 15 is 0 Å². The molecule has 0 bridgehead atoms. The van der Waals surface area contributed by atoms with Crippen molar-refractivity contribution in [2.24, 2.45) is 0 Å². The first-order chi connectivity index (χ1) is 6.86. The van der Waals surface area contributed by atoms with Crippen molar-refractivity contribution in [1.29, 1.82) is 0 Å². The van der Waals surface area contributed by atoms with Crippen molar-refractivity contribution in [3.05, 3.63) is 16.8 Å². The van der Waals surface area contributed by atoms with Gasteiger partial charge >= 0.3 is 0 Å². The number of halogens is 1. The van der Waals surface area contributed by atoms with Crippen LogP contribution in [-0.4, -0.2) is 18.5 Å². The summed E-state index contributed by atoms with van der Waals surface area (Å²) in [6, 6.07) is 1.93. The third-order valence-electron chi connectivity index (χ3n) is 2.42. The van der Waals surface area contributed by atoms with Crippen LogP contribution in [0, 0.1) is 0 Å². The van der Waals surface area contributed by atoms with Crippen molar-refractivity contribution in [2.45, 2.75) is 25.3 Å². The van der Waals surface area contributed by atoms with Gasteiger partial charge in [-0.25, -0.2) is 0 Å². The first kappa shape index (κ1) is 12.5. The highest BCUT2D eigenvalue weighted by Gasteiger charge is 2.20. The van der Waals surface area contributed by atoms with Crippen LogP contribution in [0.25, 0.3) is 0 Å². The Kier molecular flexibility index (Phi) is 5.08. The van der Waals surface area contributed by atoms with Crippen molar-refractivity contribution >= 4 is 35.3 Å². The van der Waals surface area contributed by atoms with Crippen LogP contribution in [0.3, 0.4) is 0 Å². The summed E-state index contributed by atoms with van der Waals surface area (Å²) >= 11 is 1.59. The number of hydrogen-bond donors (Lipinski definition) is 2. The summed E-state index contributed by atoms with van der Waals surface area (Å²) in [5.74, 6) is 0.100. The minimum absolute atomic E-state index is 0. The number of carbonyl (C=O) groups excluding carboxylic acids is 1. The number of thiophene rings is 1. The topological polar surface area (TPSA) is 41.1 Å². The zero-order valence-corrected chi connectivity index (χ0v) is 10.00. The van der Waals surface area contributed by atoms with Gasteiger partial charge in [0.1, 0.15) is 0 Å². The van der Waals surface area contributed by atoms with E-state index in [1.165, 1.54) is 6.42 Å². The maximum atomic E-state index is 11.7. The van der Waals surface area contributed by atoms with E-state index in [1.807, 2.05) is 16.8 Å². The number of amides is 1. The molecule has 0 aliphatic carbocycles. The second-order valence-electron chi connectivity index (χ2n) is 3.50. The quantitative estimate of drug-likeness (QED) is 0.841. The van der Waals surface area contributed by atoms with Gasteiger partial charge in [-0.3, -0.25) is 4.79 Å². The normalized spacial score (nSPS) is 20.4. The smallest absolute Gasteiger partial charge is 0.241 e. The summed E-state index contributed by atoms with van der Waals surface area (Å²) in [7, 11) is 0. The van der Waals surface area contributed by atoms with Crippen LogP contribution < -0.4 is 10.6 Å². The second-order valence-corrected chi connectivity index (χ2v) is 4.28. The number of hydrogen-bond acceptors (Lipinski definition) is 3. The summed E-state index contributed by atoms with van der Waals surface area (Å²) in [6.07, 6.45) is 3.28. The van der Waals surface area contributed by atoms with Gasteiger partial charge in [-0.05, 0) is 30.8 Å². The SMILES string of the molecule is Cl.O=C(Nc1ccsc1)[C@@H]1CCCCN1. The molecule has 84 valence electrons. The van der Waals surface area contributed by atoms with Crippen LogP contribution in [0.2, 0.25) is 0 Å². The highest BCUT2D eigenvalue weighted by molar-refractivity contribution is 7.08. The number of anilines is 1. The highest BCUT2D eigenvalue weighted by Crippen LogP contribution is 2.14. The third kappa shape index (κ3) is 3.48. The molecule has 2 rings (SSSR count). The maximum absolute atomic E-state index is 11.7. The fourth-order valence-corrected chi connectivity index (χ4v) is 2.23. The van der Waals surface area contributed by atoms with Crippen molar-refractivity contribution in [3.63, 3.8) is 0 Å². The second kappa shape index (κ2) is 6.10. The van der Waals surface area contributed by atoms with Crippen LogP contribution in [0.1, 0.15) is 19.3 Å². The maximum Gasteiger partial charge on any atom is 0.241 e. The molecule has 1 aliphatic rings. The highest BCUT2D eigenvalue weighted by atomic mass is 35.5. The van der Waals surface area contributed by atoms with Crippen LogP contribution in [0.15, 0.2) is 16.8 Å². The van der Waals surface area contributed by atoms with E-state index in [0.717, 1.165) is 25.1 Å². The molecule has 1 aromatic heterocycles. The van der Waals surface area contributed by atoms with Gasteiger partial charge in [0.25, 0.3) is 0 Å². The lowest BCUT2D eigenvalue weighted by molar-refractivity contribution is -0.118. The van der Waals surface area contributed by atoms with E-state index in [9.17, 15) is 4.79 Å². The fraction of sp³-hybridized carbons (Fsp3) is 0.500. The van der Waals surface area contributed by atoms with Crippen molar-refractivity contribution < 1.29 is 4.79 Å². The number of nitrogens with one attached hydrogen (secondary N) is 2. The molecule has 1 aliphatic heterocycles. The van der Waals surface area contributed by atoms with E-state index in [0.29, 0.717) is 0 Å². The molecule has 1 atom stereocenters. The zero-order valence-electron chi connectivity index (χ0n) is 8.36. The molecule has 5 heteroatoms. The Bertz CT molecular complexity index is 296. The molecule has 0 radical (unpaired) electrons. The molecule has 3 nitrogen and oxygen atoms in total. The molecule has 2 N–H and O–H groups in total. The van der Waals surface area contributed by atoms with Gasteiger partial charge in [0.05, 0.1) is 11.7 Å². The van der Waals surface area contributed by atoms with Crippen LogP contribution >= 0.6 is 23.7 Å². The van der Waals surface area contributed by atoms with Gasteiger partial charge in [-0.15, -0.1) is 12.4 Å². The molecule has 1 saturated heterocycles. The van der Waals surface area contributed by atoms with Gasteiger partial charge in [0, 0.05) is 5.38 Å². The Morgan fingerprint density at radius 1 is 1.53 bits per heavy atom. The lowest BCUT2D eigenvalue weighted by Gasteiger charge is -2.22. The van der Waals surface area contributed by atoms with E-state index in [1.54, 1.807) is 11.3 Å². The molecule has 1 amide bonds. The summed E-state index contributed by atoms with van der Waals surface area (Å²) in [5, 5.41) is 10.0. The summed E-state index contributed by atoms with van der Waals surface area (Å²) in [6.45, 7) is 0.960. The molecule has 0 unspecified atom stereocenters. The van der Waals surface area contributed by atoms with E-state index in [-0.39, 0.29) is 24.4 Å². The molecular weight excluding hydrogens is 232 g/mol. The van der Waals surface area contributed by atoms with E-state index < -0.39 is 0 Å². The van der Waals surface area contributed by atoms with Crippen LogP contribution in [0.5, 0.6) is 0 Å². The average molecular weight is 247 g/mol. The predicted molar refractivity (Wildman–Crippen MR) is 65.8 cm³/mol. The first-order valence-corrected chi connectivity index (χ1v) is 5.87. The summed E-state index contributed by atoms with van der Waals surface area (Å²) in [5.41, 5.74) is 0.910.